The molecule has 2 aromatic carbocycles. The van der Waals surface area contributed by atoms with Crippen LogP contribution in [0.5, 0.6) is 5.75 Å². The number of hydrogen-bond donors (Lipinski definition) is 2. The van der Waals surface area contributed by atoms with Crippen LogP contribution in [0, 0.1) is 6.92 Å². The number of aryl methyl sites for hydroxylation is 1. The van der Waals surface area contributed by atoms with Crippen molar-refractivity contribution in [1.29, 1.82) is 0 Å². The van der Waals surface area contributed by atoms with Crippen LogP contribution in [-0.4, -0.2) is 28.5 Å². The summed E-state index contributed by atoms with van der Waals surface area (Å²) in [5.41, 5.74) is 1.27. The quantitative estimate of drug-likeness (QED) is 0.849. The van der Waals surface area contributed by atoms with Gasteiger partial charge in [-0.2, -0.15) is 0 Å². The van der Waals surface area contributed by atoms with Crippen LogP contribution >= 0.6 is 11.6 Å². The van der Waals surface area contributed by atoms with Crippen LogP contribution < -0.4 is 14.8 Å². The lowest BCUT2D eigenvalue weighted by atomic mass is 10.1. The third-order valence-corrected chi connectivity index (χ3v) is 5.07. The molecule has 0 aliphatic heterocycles. The number of hydrogen-bond acceptors (Lipinski definition) is 4. The Labute approximate surface area is 145 Å². The number of carbonyl (C=O) groups is 1. The first kappa shape index (κ1) is 18.1. The van der Waals surface area contributed by atoms with Crippen LogP contribution in [0.4, 0.5) is 5.69 Å². The van der Waals surface area contributed by atoms with Gasteiger partial charge in [-0.15, -0.1) is 0 Å². The van der Waals surface area contributed by atoms with Crippen molar-refractivity contribution in [3.05, 3.63) is 52.5 Å². The van der Waals surface area contributed by atoms with Crippen molar-refractivity contribution >= 4 is 33.2 Å². The van der Waals surface area contributed by atoms with E-state index in [1.54, 1.807) is 19.1 Å². The van der Waals surface area contributed by atoms with Gasteiger partial charge in [-0.1, -0.05) is 17.7 Å². The van der Waals surface area contributed by atoms with E-state index in [0.717, 1.165) is 0 Å². The van der Waals surface area contributed by atoms with Crippen LogP contribution in [0.1, 0.15) is 15.9 Å². The molecule has 2 N–H and O–H groups in total. The molecular weight excluding hydrogens is 352 g/mol. The van der Waals surface area contributed by atoms with Gasteiger partial charge in [0.1, 0.15) is 5.75 Å². The molecule has 0 bridgehead atoms. The van der Waals surface area contributed by atoms with Crippen LogP contribution in [0.2, 0.25) is 5.02 Å². The molecule has 128 valence electrons. The molecule has 0 saturated carbocycles. The molecule has 0 unspecified atom stereocenters. The van der Waals surface area contributed by atoms with Gasteiger partial charge in [-0.3, -0.25) is 9.52 Å². The molecule has 0 saturated heterocycles. The van der Waals surface area contributed by atoms with Crippen LogP contribution in [0.25, 0.3) is 0 Å². The summed E-state index contributed by atoms with van der Waals surface area (Å²) >= 11 is 6.00. The molecule has 0 spiro atoms. The van der Waals surface area contributed by atoms with Crippen LogP contribution in [0.3, 0.4) is 0 Å². The summed E-state index contributed by atoms with van der Waals surface area (Å²) in [5, 5.41) is 2.77. The number of methoxy groups -OCH3 is 1. The Bertz CT molecular complexity index is 882. The first-order valence-corrected chi connectivity index (χ1v) is 8.83. The smallest absolute Gasteiger partial charge is 0.261 e. The topological polar surface area (TPSA) is 84.5 Å². The average molecular weight is 369 g/mol. The van der Waals surface area contributed by atoms with Crippen molar-refractivity contribution in [2.75, 3.05) is 18.9 Å². The molecular formula is C16H17ClN2O4S. The minimum absolute atomic E-state index is 0.0151. The lowest BCUT2D eigenvalue weighted by Crippen LogP contribution is -2.20. The maximum absolute atomic E-state index is 12.5. The molecule has 1 amide bonds. The third-order valence-electron chi connectivity index (χ3n) is 3.40. The molecule has 0 heterocycles. The number of amides is 1. The highest BCUT2D eigenvalue weighted by Gasteiger charge is 2.18. The maximum Gasteiger partial charge on any atom is 0.261 e. The fraction of sp³-hybridized carbons (Fsp3) is 0.188. The second-order valence-electron chi connectivity index (χ2n) is 5.01. The van der Waals surface area contributed by atoms with Crippen molar-refractivity contribution in [2.24, 2.45) is 0 Å². The number of halogens is 1. The molecule has 0 aromatic heterocycles. The monoisotopic (exact) mass is 368 g/mol. The van der Waals surface area contributed by atoms with Crippen molar-refractivity contribution in [3.8, 4) is 5.75 Å². The second kappa shape index (κ2) is 7.11. The second-order valence-corrected chi connectivity index (χ2v) is 7.10. The van der Waals surface area contributed by atoms with Crippen molar-refractivity contribution < 1.29 is 17.9 Å². The van der Waals surface area contributed by atoms with Gasteiger partial charge in [0.15, 0.2) is 0 Å². The highest BCUT2D eigenvalue weighted by atomic mass is 35.5. The number of ether oxygens (including phenoxy) is 1. The zero-order valence-corrected chi connectivity index (χ0v) is 15.0. The Morgan fingerprint density at radius 1 is 1.17 bits per heavy atom. The molecule has 0 aliphatic carbocycles. The van der Waals surface area contributed by atoms with E-state index >= 15 is 0 Å². The molecule has 0 atom stereocenters. The molecule has 24 heavy (non-hydrogen) atoms. The molecule has 0 aliphatic rings. The van der Waals surface area contributed by atoms with Gasteiger partial charge in [0.2, 0.25) is 0 Å². The Balaban J connectivity index is 2.37. The number of carbonyl (C=O) groups excluding carboxylic acids is 1. The van der Waals surface area contributed by atoms with Crippen LogP contribution in [0.15, 0.2) is 41.3 Å². The predicted octanol–water partition coefficient (Wildman–Crippen LogP) is 2.82. The molecule has 2 rings (SSSR count). The number of benzene rings is 2. The lowest BCUT2D eigenvalue weighted by molar-refractivity contribution is 0.0962. The van der Waals surface area contributed by atoms with Gasteiger partial charge >= 0.3 is 0 Å². The molecule has 2 aromatic rings. The zero-order chi connectivity index (χ0) is 17.9. The van der Waals surface area contributed by atoms with Gasteiger partial charge < -0.3 is 10.1 Å². The first-order chi connectivity index (χ1) is 11.3. The van der Waals surface area contributed by atoms with E-state index < -0.39 is 10.0 Å². The third kappa shape index (κ3) is 3.80. The fourth-order valence-corrected chi connectivity index (χ4v) is 3.42. The van der Waals surface area contributed by atoms with E-state index in [9.17, 15) is 13.2 Å². The number of rotatable bonds is 5. The highest BCUT2D eigenvalue weighted by molar-refractivity contribution is 7.92. The summed E-state index contributed by atoms with van der Waals surface area (Å²) in [6.45, 7) is 1.73. The van der Waals surface area contributed by atoms with E-state index in [1.807, 2.05) is 0 Å². The summed E-state index contributed by atoms with van der Waals surface area (Å²) < 4.78 is 32.5. The number of anilines is 1. The minimum Gasteiger partial charge on any atom is -0.495 e. The zero-order valence-electron chi connectivity index (χ0n) is 13.4. The van der Waals surface area contributed by atoms with E-state index in [0.29, 0.717) is 22.6 Å². The van der Waals surface area contributed by atoms with E-state index in [1.165, 1.54) is 38.4 Å². The van der Waals surface area contributed by atoms with E-state index in [4.69, 9.17) is 16.3 Å². The van der Waals surface area contributed by atoms with Crippen LogP contribution in [-0.2, 0) is 10.0 Å². The Morgan fingerprint density at radius 2 is 1.88 bits per heavy atom. The molecule has 6 nitrogen and oxygen atoms in total. The predicted molar refractivity (Wildman–Crippen MR) is 93.4 cm³/mol. The summed E-state index contributed by atoms with van der Waals surface area (Å²) in [5.74, 6) is 0.0916. The average Bonchev–Trinajstić information content (AvgIpc) is 2.54. The number of sulfonamides is 1. The van der Waals surface area contributed by atoms with Crippen molar-refractivity contribution in [2.45, 2.75) is 11.8 Å². The largest absolute Gasteiger partial charge is 0.495 e. The van der Waals surface area contributed by atoms with E-state index in [-0.39, 0.29) is 15.8 Å². The maximum atomic E-state index is 12.5. The summed E-state index contributed by atoms with van der Waals surface area (Å²) in [6.07, 6.45) is 0. The van der Waals surface area contributed by atoms with Crippen molar-refractivity contribution in [1.82, 2.24) is 5.32 Å². The lowest BCUT2D eigenvalue weighted by Gasteiger charge is -2.12. The van der Waals surface area contributed by atoms with Gasteiger partial charge in [0.25, 0.3) is 15.9 Å². The van der Waals surface area contributed by atoms with Gasteiger partial charge in [-0.25, -0.2) is 8.42 Å². The Kier molecular flexibility index (Phi) is 5.36. The van der Waals surface area contributed by atoms with Gasteiger partial charge in [0, 0.05) is 12.6 Å². The van der Waals surface area contributed by atoms with Gasteiger partial charge in [-0.05, 0) is 42.8 Å². The Hall–Kier alpha value is -2.25. The van der Waals surface area contributed by atoms with E-state index in [2.05, 4.69) is 10.0 Å². The Morgan fingerprint density at radius 3 is 2.46 bits per heavy atom. The summed E-state index contributed by atoms with van der Waals surface area (Å²) in [7, 11) is -0.904. The molecule has 0 radical (unpaired) electrons. The SMILES string of the molecule is CNC(=O)c1cc(S(=O)(=O)Nc2ccc(OC)c(Cl)c2)ccc1C. The normalized spacial score (nSPS) is 11.0. The molecule has 0 fully saturated rings. The highest BCUT2D eigenvalue weighted by Crippen LogP contribution is 2.28. The first-order valence-electron chi connectivity index (χ1n) is 6.97. The summed E-state index contributed by atoms with van der Waals surface area (Å²) in [6, 6.07) is 8.91. The minimum atomic E-state index is -3.86. The summed E-state index contributed by atoms with van der Waals surface area (Å²) in [4.78, 5) is 11.8. The van der Waals surface area contributed by atoms with Gasteiger partial charge in [0.05, 0.1) is 22.7 Å². The van der Waals surface area contributed by atoms with Crippen molar-refractivity contribution in [3.63, 3.8) is 0 Å². The molecule has 8 heteroatoms. The fourth-order valence-electron chi connectivity index (χ4n) is 2.09. The number of nitrogens with one attached hydrogen (secondary N) is 2. The standard InChI is InChI=1S/C16H17ClN2O4S/c1-10-4-6-12(9-13(10)16(20)18-2)24(21,22)19-11-5-7-15(23-3)14(17)8-11/h4-9,19H,1-3H3,(H,18,20).